The van der Waals surface area contributed by atoms with Crippen molar-refractivity contribution in [3.05, 3.63) is 35.0 Å². The summed E-state index contributed by atoms with van der Waals surface area (Å²) >= 11 is 12.6. The highest BCUT2D eigenvalue weighted by molar-refractivity contribution is 7.20. The minimum Gasteiger partial charge on any atom is -0.336 e. The minimum atomic E-state index is -0.299. The van der Waals surface area contributed by atoms with Crippen molar-refractivity contribution in [2.45, 2.75) is 0 Å². The molecular weight excluding hydrogens is 308 g/mol. The van der Waals surface area contributed by atoms with Gasteiger partial charge < -0.3 is 4.90 Å². The van der Waals surface area contributed by atoms with Gasteiger partial charge in [-0.15, -0.1) is 34.5 Å². The fourth-order valence-electron chi connectivity index (χ4n) is 1.79. The van der Waals surface area contributed by atoms with Crippen LogP contribution in [0.5, 0.6) is 0 Å². The van der Waals surface area contributed by atoms with Gasteiger partial charge in [-0.3, -0.25) is 4.79 Å². The van der Waals surface area contributed by atoms with E-state index in [4.69, 9.17) is 23.2 Å². The Morgan fingerprint density at radius 2 is 1.89 bits per heavy atom. The first-order chi connectivity index (χ1) is 9.15. The molecule has 1 aromatic heterocycles. The molecule has 2 nitrogen and oxygen atoms in total. The average Bonchev–Trinajstić information content (AvgIpc) is 2.80. The van der Waals surface area contributed by atoms with Crippen LogP contribution in [-0.4, -0.2) is 35.7 Å². The smallest absolute Gasteiger partial charge is 0.264 e. The summed E-state index contributed by atoms with van der Waals surface area (Å²) in [5.74, 6) is 0.319. The number of rotatable bonds is 5. The first-order valence-electron chi connectivity index (χ1n) is 5.76. The number of benzene rings is 1. The van der Waals surface area contributed by atoms with Crippen LogP contribution in [0.25, 0.3) is 10.1 Å². The summed E-state index contributed by atoms with van der Waals surface area (Å²) in [5.41, 5.74) is 0. The second-order valence-corrected chi connectivity index (χ2v) is 5.80. The molecule has 2 aromatic rings. The summed E-state index contributed by atoms with van der Waals surface area (Å²) in [6.45, 7) is 0.908. The highest BCUT2D eigenvalue weighted by Gasteiger charge is 2.17. The molecule has 1 amide bonds. The molecule has 0 fully saturated rings. The van der Waals surface area contributed by atoms with Crippen LogP contribution in [0.2, 0.25) is 0 Å². The summed E-state index contributed by atoms with van der Waals surface area (Å²) in [4.78, 5) is 14.5. The molecular formula is C13H12Cl2FNOS. The molecule has 19 heavy (non-hydrogen) atoms. The summed E-state index contributed by atoms with van der Waals surface area (Å²) < 4.78 is 13.9. The second kappa shape index (κ2) is 6.55. The molecule has 0 spiro atoms. The fourth-order valence-corrected chi connectivity index (χ4v) is 3.25. The van der Waals surface area contributed by atoms with E-state index in [1.807, 2.05) is 0 Å². The highest BCUT2D eigenvalue weighted by Crippen LogP contribution is 2.27. The number of thiophene rings is 1. The van der Waals surface area contributed by atoms with Gasteiger partial charge in [0.25, 0.3) is 5.91 Å². The SMILES string of the molecule is O=C(c1cc2ccc(F)cc2s1)N(CCCl)CCCl. The molecule has 0 saturated heterocycles. The number of carbonyl (C=O) groups is 1. The Balaban J connectivity index is 2.29. The molecule has 1 heterocycles. The van der Waals surface area contributed by atoms with Gasteiger partial charge in [0.05, 0.1) is 4.88 Å². The van der Waals surface area contributed by atoms with Crippen LogP contribution in [0.4, 0.5) is 4.39 Å². The predicted molar refractivity (Wildman–Crippen MR) is 79.1 cm³/mol. The third-order valence-electron chi connectivity index (χ3n) is 2.69. The molecule has 0 radical (unpaired) electrons. The first-order valence-corrected chi connectivity index (χ1v) is 7.64. The van der Waals surface area contributed by atoms with Crippen molar-refractivity contribution in [1.82, 2.24) is 4.90 Å². The zero-order chi connectivity index (χ0) is 13.8. The normalized spacial score (nSPS) is 10.9. The van der Waals surface area contributed by atoms with E-state index in [1.54, 1.807) is 17.0 Å². The van der Waals surface area contributed by atoms with Crippen LogP contribution < -0.4 is 0 Å². The second-order valence-electron chi connectivity index (χ2n) is 3.96. The average molecular weight is 320 g/mol. The molecule has 0 aliphatic heterocycles. The van der Waals surface area contributed by atoms with E-state index in [2.05, 4.69) is 0 Å². The van der Waals surface area contributed by atoms with Gasteiger partial charge in [-0.05, 0) is 23.6 Å². The van der Waals surface area contributed by atoms with E-state index in [0.29, 0.717) is 29.7 Å². The third-order valence-corrected chi connectivity index (χ3v) is 4.11. The molecule has 0 unspecified atom stereocenters. The Morgan fingerprint density at radius 3 is 2.53 bits per heavy atom. The number of alkyl halides is 2. The van der Waals surface area contributed by atoms with Crippen LogP contribution in [-0.2, 0) is 0 Å². The lowest BCUT2D eigenvalue weighted by molar-refractivity contribution is 0.0780. The van der Waals surface area contributed by atoms with Crippen LogP contribution >= 0.6 is 34.5 Å². The van der Waals surface area contributed by atoms with Gasteiger partial charge in [0.1, 0.15) is 5.82 Å². The van der Waals surface area contributed by atoms with Crippen molar-refractivity contribution in [2.24, 2.45) is 0 Å². The lowest BCUT2D eigenvalue weighted by atomic mass is 10.2. The van der Waals surface area contributed by atoms with Gasteiger partial charge in [0.2, 0.25) is 0 Å². The quantitative estimate of drug-likeness (QED) is 0.764. The van der Waals surface area contributed by atoms with Crippen molar-refractivity contribution >= 4 is 50.5 Å². The van der Waals surface area contributed by atoms with Gasteiger partial charge in [-0.25, -0.2) is 4.39 Å². The Hall–Kier alpha value is -0.840. The molecule has 1 aromatic carbocycles. The van der Waals surface area contributed by atoms with Crippen LogP contribution in [0, 0.1) is 5.82 Å². The standard InChI is InChI=1S/C13H12Cl2FNOS/c14-3-5-17(6-4-15)13(18)12-7-9-1-2-10(16)8-11(9)19-12/h1-2,7-8H,3-6H2. The predicted octanol–water partition coefficient (Wildman–Crippen LogP) is 3.96. The Morgan fingerprint density at radius 1 is 1.21 bits per heavy atom. The minimum absolute atomic E-state index is 0.108. The van der Waals surface area contributed by atoms with Crippen LogP contribution in [0.15, 0.2) is 24.3 Å². The summed E-state index contributed by atoms with van der Waals surface area (Å²) in [6, 6.07) is 6.27. The Kier molecular flexibility index (Phi) is 5.02. The Bertz CT molecular complexity index is 581. The van der Waals surface area contributed by atoms with E-state index in [0.717, 1.165) is 10.1 Å². The van der Waals surface area contributed by atoms with Crippen molar-refractivity contribution in [3.63, 3.8) is 0 Å². The van der Waals surface area contributed by atoms with E-state index in [9.17, 15) is 9.18 Å². The number of carbonyl (C=O) groups excluding carboxylic acids is 1. The molecule has 0 atom stereocenters. The monoisotopic (exact) mass is 319 g/mol. The van der Waals surface area contributed by atoms with Crippen molar-refractivity contribution in [3.8, 4) is 0 Å². The van der Waals surface area contributed by atoms with E-state index >= 15 is 0 Å². The lowest BCUT2D eigenvalue weighted by Crippen LogP contribution is -2.33. The number of nitrogens with zero attached hydrogens (tertiary/aromatic N) is 1. The fraction of sp³-hybridized carbons (Fsp3) is 0.308. The lowest BCUT2D eigenvalue weighted by Gasteiger charge is -2.19. The zero-order valence-corrected chi connectivity index (χ0v) is 12.4. The van der Waals surface area contributed by atoms with Gasteiger partial charge in [-0.2, -0.15) is 0 Å². The van der Waals surface area contributed by atoms with Crippen LogP contribution in [0.3, 0.4) is 0 Å². The summed E-state index contributed by atoms with van der Waals surface area (Å²) in [7, 11) is 0. The van der Waals surface area contributed by atoms with Crippen LogP contribution in [0.1, 0.15) is 9.67 Å². The van der Waals surface area contributed by atoms with Crippen molar-refractivity contribution in [2.75, 3.05) is 24.8 Å². The molecule has 2 rings (SSSR count). The molecule has 0 bridgehead atoms. The zero-order valence-electron chi connectivity index (χ0n) is 10.0. The number of hydrogen-bond acceptors (Lipinski definition) is 2. The topological polar surface area (TPSA) is 20.3 Å². The number of hydrogen-bond donors (Lipinski definition) is 0. The van der Waals surface area contributed by atoms with Crippen molar-refractivity contribution in [1.29, 1.82) is 0 Å². The van der Waals surface area contributed by atoms with E-state index < -0.39 is 0 Å². The summed E-state index contributed by atoms with van der Waals surface area (Å²) in [5, 5.41) is 0.867. The molecule has 0 aliphatic carbocycles. The third kappa shape index (κ3) is 3.38. The van der Waals surface area contributed by atoms with Gasteiger partial charge in [-0.1, -0.05) is 6.07 Å². The number of amides is 1. The maximum atomic E-state index is 13.1. The van der Waals surface area contributed by atoms with E-state index in [1.165, 1.54) is 23.5 Å². The van der Waals surface area contributed by atoms with Gasteiger partial charge in [0, 0.05) is 29.5 Å². The maximum absolute atomic E-state index is 13.1. The van der Waals surface area contributed by atoms with Crippen molar-refractivity contribution < 1.29 is 9.18 Å². The van der Waals surface area contributed by atoms with Gasteiger partial charge in [0.15, 0.2) is 0 Å². The van der Waals surface area contributed by atoms with Gasteiger partial charge >= 0.3 is 0 Å². The summed E-state index contributed by atoms with van der Waals surface area (Å²) in [6.07, 6.45) is 0. The molecule has 102 valence electrons. The molecule has 0 N–H and O–H groups in total. The first kappa shape index (κ1) is 14.6. The molecule has 6 heteroatoms. The maximum Gasteiger partial charge on any atom is 0.264 e. The van der Waals surface area contributed by atoms with E-state index in [-0.39, 0.29) is 11.7 Å². The number of halogens is 3. The number of fused-ring (bicyclic) bond motifs is 1. The largest absolute Gasteiger partial charge is 0.336 e. The Labute approximate surface area is 124 Å². The highest BCUT2D eigenvalue weighted by atomic mass is 35.5. The molecule has 0 saturated carbocycles. The molecule has 0 aliphatic rings.